The van der Waals surface area contributed by atoms with Crippen molar-refractivity contribution in [1.29, 1.82) is 0 Å². The van der Waals surface area contributed by atoms with Gasteiger partial charge >= 0.3 is 0 Å². The molecule has 0 spiro atoms. The summed E-state index contributed by atoms with van der Waals surface area (Å²) in [6, 6.07) is 9.26. The second-order valence-electron chi connectivity index (χ2n) is 6.29. The molecule has 1 aliphatic rings. The van der Waals surface area contributed by atoms with Gasteiger partial charge in [-0.1, -0.05) is 32.0 Å². The summed E-state index contributed by atoms with van der Waals surface area (Å²) < 4.78 is 1.79. The van der Waals surface area contributed by atoms with Crippen molar-refractivity contribution in [3.05, 3.63) is 36.0 Å². The third-order valence-corrected chi connectivity index (χ3v) is 5.20. The number of benzene rings is 1. The van der Waals surface area contributed by atoms with Crippen LogP contribution in [-0.2, 0) is 0 Å². The van der Waals surface area contributed by atoms with Crippen LogP contribution in [0.25, 0.3) is 10.9 Å². The largest absolute Gasteiger partial charge is 0.339 e. The summed E-state index contributed by atoms with van der Waals surface area (Å²) in [6.07, 6.45) is 7.18. The molecule has 0 unspecified atom stereocenters. The van der Waals surface area contributed by atoms with Crippen molar-refractivity contribution >= 4 is 10.9 Å². The molecular weight excluding hydrogens is 258 g/mol. The van der Waals surface area contributed by atoms with Crippen LogP contribution in [0.5, 0.6) is 0 Å². The van der Waals surface area contributed by atoms with Crippen LogP contribution >= 0.6 is 0 Å². The summed E-state index contributed by atoms with van der Waals surface area (Å²) in [4.78, 5) is 2.68. The molecule has 3 heteroatoms. The SMILES string of the molecule is CCC(CC)N1CCC(c2cn(N)c3ccccc23)CC1. The van der Waals surface area contributed by atoms with E-state index in [-0.39, 0.29) is 0 Å². The highest BCUT2D eigenvalue weighted by Crippen LogP contribution is 2.34. The van der Waals surface area contributed by atoms with Gasteiger partial charge in [-0.2, -0.15) is 0 Å². The van der Waals surface area contributed by atoms with Gasteiger partial charge in [0.15, 0.2) is 0 Å². The topological polar surface area (TPSA) is 34.2 Å². The molecule has 0 bridgehead atoms. The maximum absolute atomic E-state index is 6.11. The van der Waals surface area contributed by atoms with Crippen LogP contribution in [0.15, 0.2) is 30.5 Å². The lowest BCUT2D eigenvalue weighted by atomic mass is 9.88. The normalized spacial score (nSPS) is 17.9. The Balaban J connectivity index is 1.77. The van der Waals surface area contributed by atoms with Crippen molar-refractivity contribution in [3.63, 3.8) is 0 Å². The monoisotopic (exact) mass is 285 g/mol. The number of nitrogens with zero attached hydrogens (tertiary/aromatic N) is 2. The van der Waals surface area contributed by atoms with Gasteiger partial charge in [0.1, 0.15) is 0 Å². The zero-order valence-electron chi connectivity index (χ0n) is 13.3. The first-order chi connectivity index (χ1) is 10.2. The summed E-state index contributed by atoms with van der Waals surface area (Å²) >= 11 is 0. The van der Waals surface area contributed by atoms with Crippen molar-refractivity contribution in [2.24, 2.45) is 0 Å². The Morgan fingerprint density at radius 2 is 1.81 bits per heavy atom. The van der Waals surface area contributed by atoms with E-state index in [9.17, 15) is 0 Å². The van der Waals surface area contributed by atoms with Gasteiger partial charge in [0.25, 0.3) is 0 Å². The van der Waals surface area contributed by atoms with Crippen LogP contribution in [0.1, 0.15) is 51.0 Å². The number of hydrogen-bond donors (Lipinski definition) is 1. The Bertz CT molecular complexity index is 590. The molecule has 3 nitrogen and oxygen atoms in total. The van der Waals surface area contributed by atoms with E-state index in [4.69, 9.17) is 5.84 Å². The molecule has 1 aliphatic heterocycles. The Kier molecular flexibility index (Phi) is 4.20. The molecule has 1 saturated heterocycles. The highest BCUT2D eigenvalue weighted by Gasteiger charge is 2.26. The van der Waals surface area contributed by atoms with Crippen molar-refractivity contribution in [1.82, 2.24) is 9.58 Å². The Morgan fingerprint density at radius 1 is 1.14 bits per heavy atom. The van der Waals surface area contributed by atoms with Crippen molar-refractivity contribution < 1.29 is 0 Å². The van der Waals surface area contributed by atoms with Gasteiger partial charge in [-0.3, -0.25) is 4.68 Å². The number of aromatic nitrogens is 1. The molecule has 3 rings (SSSR count). The standard InChI is InChI=1S/C18H27N3/c1-3-15(4-2)20-11-9-14(10-12-20)17-13-21(19)18-8-6-5-7-16(17)18/h5-8,13-15H,3-4,9-12,19H2,1-2H3. The molecule has 0 radical (unpaired) electrons. The molecule has 1 aromatic carbocycles. The molecule has 114 valence electrons. The number of piperidine rings is 1. The lowest BCUT2D eigenvalue weighted by molar-refractivity contribution is 0.144. The van der Waals surface area contributed by atoms with E-state index in [0.29, 0.717) is 5.92 Å². The molecule has 1 aromatic heterocycles. The van der Waals surface area contributed by atoms with Crippen molar-refractivity contribution in [2.45, 2.75) is 51.5 Å². The number of fused-ring (bicyclic) bond motifs is 1. The minimum absolute atomic E-state index is 0.658. The van der Waals surface area contributed by atoms with Gasteiger partial charge in [0.05, 0.1) is 5.52 Å². The van der Waals surface area contributed by atoms with Crippen LogP contribution in [-0.4, -0.2) is 28.7 Å². The smallest absolute Gasteiger partial charge is 0.0693 e. The molecule has 0 amide bonds. The number of likely N-dealkylation sites (tertiary alicyclic amines) is 1. The second kappa shape index (κ2) is 6.10. The maximum Gasteiger partial charge on any atom is 0.0693 e. The van der Waals surface area contributed by atoms with Crippen LogP contribution in [0.2, 0.25) is 0 Å². The summed E-state index contributed by atoms with van der Waals surface area (Å²) in [7, 11) is 0. The van der Waals surface area contributed by atoms with Gasteiger partial charge in [-0.25, -0.2) is 0 Å². The number of para-hydroxylation sites is 1. The molecule has 0 aliphatic carbocycles. The van der Waals surface area contributed by atoms with Gasteiger partial charge in [0, 0.05) is 17.6 Å². The fourth-order valence-corrected chi connectivity index (χ4v) is 3.94. The summed E-state index contributed by atoms with van der Waals surface area (Å²) in [5.74, 6) is 6.77. The van der Waals surface area contributed by atoms with E-state index in [1.807, 2.05) is 0 Å². The van der Waals surface area contributed by atoms with E-state index < -0.39 is 0 Å². The molecule has 2 N–H and O–H groups in total. The predicted molar refractivity (Wildman–Crippen MR) is 90.0 cm³/mol. The summed E-state index contributed by atoms with van der Waals surface area (Å²) in [6.45, 7) is 7.06. The van der Waals surface area contributed by atoms with E-state index in [0.717, 1.165) is 11.6 Å². The van der Waals surface area contributed by atoms with Gasteiger partial charge in [-0.05, 0) is 56.3 Å². The average molecular weight is 285 g/mol. The molecule has 1 fully saturated rings. The van der Waals surface area contributed by atoms with Gasteiger partial charge < -0.3 is 10.7 Å². The fraction of sp³-hybridized carbons (Fsp3) is 0.556. The first-order valence-corrected chi connectivity index (χ1v) is 8.33. The lowest BCUT2D eigenvalue weighted by Gasteiger charge is -2.37. The molecule has 2 heterocycles. The third-order valence-electron chi connectivity index (χ3n) is 5.20. The quantitative estimate of drug-likeness (QED) is 0.869. The lowest BCUT2D eigenvalue weighted by Crippen LogP contribution is -2.40. The Labute approximate surface area is 127 Å². The number of nitrogens with two attached hydrogens (primary N) is 1. The van der Waals surface area contributed by atoms with Crippen LogP contribution in [0.4, 0.5) is 0 Å². The molecular formula is C18H27N3. The highest BCUT2D eigenvalue weighted by molar-refractivity contribution is 5.84. The first-order valence-electron chi connectivity index (χ1n) is 8.33. The van der Waals surface area contributed by atoms with E-state index in [1.165, 1.54) is 49.7 Å². The van der Waals surface area contributed by atoms with Crippen LogP contribution < -0.4 is 5.84 Å². The first kappa shape index (κ1) is 14.5. The number of hydrogen-bond acceptors (Lipinski definition) is 2. The zero-order chi connectivity index (χ0) is 14.8. The number of nitrogen functional groups attached to an aromatic ring is 1. The van der Waals surface area contributed by atoms with Crippen LogP contribution in [0, 0.1) is 0 Å². The fourth-order valence-electron chi connectivity index (χ4n) is 3.94. The summed E-state index contributed by atoms with van der Waals surface area (Å²) in [5, 5.41) is 1.33. The summed E-state index contributed by atoms with van der Waals surface area (Å²) in [5.41, 5.74) is 2.59. The van der Waals surface area contributed by atoms with Crippen molar-refractivity contribution in [2.75, 3.05) is 18.9 Å². The molecule has 0 saturated carbocycles. The molecule has 0 atom stereocenters. The zero-order valence-corrected chi connectivity index (χ0v) is 13.3. The van der Waals surface area contributed by atoms with E-state index in [1.54, 1.807) is 4.68 Å². The Morgan fingerprint density at radius 3 is 2.48 bits per heavy atom. The van der Waals surface area contributed by atoms with Crippen LogP contribution in [0.3, 0.4) is 0 Å². The second-order valence-corrected chi connectivity index (χ2v) is 6.29. The van der Waals surface area contributed by atoms with Gasteiger partial charge in [-0.15, -0.1) is 0 Å². The third kappa shape index (κ3) is 2.67. The maximum atomic E-state index is 6.11. The Hall–Kier alpha value is -1.48. The minimum atomic E-state index is 0.658. The van der Waals surface area contributed by atoms with E-state index >= 15 is 0 Å². The van der Waals surface area contributed by atoms with Gasteiger partial charge in [0.2, 0.25) is 0 Å². The minimum Gasteiger partial charge on any atom is -0.339 e. The highest BCUT2D eigenvalue weighted by atomic mass is 15.3. The molecule has 21 heavy (non-hydrogen) atoms. The number of rotatable bonds is 4. The average Bonchev–Trinajstić information content (AvgIpc) is 2.87. The predicted octanol–water partition coefficient (Wildman–Crippen LogP) is 3.72. The van der Waals surface area contributed by atoms with Crippen molar-refractivity contribution in [3.8, 4) is 0 Å². The molecule has 2 aromatic rings. The van der Waals surface area contributed by atoms with E-state index in [2.05, 4.69) is 49.2 Å².